The van der Waals surface area contributed by atoms with Gasteiger partial charge in [0.15, 0.2) is 0 Å². The summed E-state index contributed by atoms with van der Waals surface area (Å²) >= 11 is 0. The van der Waals surface area contributed by atoms with E-state index in [1.165, 1.54) is 30.3 Å². The van der Waals surface area contributed by atoms with Crippen molar-refractivity contribution in [3.63, 3.8) is 0 Å². The quantitative estimate of drug-likeness (QED) is 0.439. The maximum atomic E-state index is 13.8. The summed E-state index contributed by atoms with van der Waals surface area (Å²) in [5, 5.41) is 13.5. The van der Waals surface area contributed by atoms with Gasteiger partial charge in [-0.3, -0.25) is 0 Å². The Balaban J connectivity index is 1.74. The fourth-order valence-electron chi connectivity index (χ4n) is 2.64. The molecule has 0 radical (unpaired) electrons. The van der Waals surface area contributed by atoms with Crippen molar-refractivity contribution >= 4 is 29.2 Å². The summed E-state index contributed by atoms with van der Waals surface area (Å²) in [6.07, 6.45) is -3.57. The Kier molecular flexibility index (Phi) is 5.77. The first-order chi connectivity index (χ1) is 14.5. The van der Waals surface area contributed by atoms with Crippen molar-refractivity contribution in [3.8, 4) is 11.1 Å². The van der Waals surface area contributed by atoms with Crippen LogP contribution in [0.3, 0.4) is 0 Å². The summed E-state index contributed by atoms with van der Waals surface area (Å²) in [6.45, 7) is 0. The highest BCUT2D eigenvalue weighted by atomic mass is 19.4. The number of nitrogens with zero attached hydrogens (tertiary/aromatic N) is 1. The number of nitrogen functional groups attached to an aromatic ring is 1. The third-order valence-electron chi connectivity index (χ3n) is 4.16. The van der Waals surface area contributed by atoms with Gasteiger partial charge in [0.1, 0.15) is 11.6 Å². The van der Waals surface area contributed by atoms with Crippen molar-refractivity contribution in [2.24, 2.45) is 0 Å². The fraction of sp³-hybridized carbons (Fsp3) is 0.0500. The summed E-state index contributed by atoms with van der Waals surface area (Å²) in [6, 6.07) is 8.00. The van der Waals surface area contributed by atoms with Gasteiger partial charge >= 0.3 is 18.2 Å². The number of rotatable bonds is 4. The van der Waals surface area contributed by atoms with Gasteiger partial charge in [0, 0.05) is 17.4 Å². The Bertz CT molecular complexity index is 1150. The second-order valence-corrected chi connectivity index (χ2v) is 6.31. The third kappa shape index (κ3) is 5.07. The number of hydrogen-bond acceptors (Lipinski definition) is 4. The van der Waals surface area contributed by atoms with Crippen LogP contribution in [-0.4, -0.2) is 22.1 Å². The molecule has 0 fully saturated rings. The van der Waals surface area contributed by atoms with Gasteiger partial charge in [0.2, 0.25) is 0 Å². The first-order valence-electron chi connectivity index (χ1n) is 8.58. The molecule has 0 bridgehead atoms. The van der Waals surface area contributed by atoms with E-state index < -0.39 is 35.2 Å². The highest BCUT2D eigenvalue weighted by Gasteiger charge is 2.31. The van der Waals surface area contributed by atoms with Crippen LogP contribution in [0.25, 0.3) is 11.1 Å². The Labute approximate surface area is 172 Å². The average Bonchev–Trinajstić information content (AvgIpc) is 2.69. The number of halogens is 4. The molecule has 2 aromatic carbocycles. The summed E-state index contributed by atoms with van der Waals surface area (Å²) in [7, 11) is 0. The zero-order valence-corrected chi connectivity index (χ0v) is 15.5. The van der Waals surface area contributed by atoms with E-state index in [0.29, 0.717) is 29.3 Å². The number of nitrogens with one attached hydrogen (secondary N) is 2. The number of anilines is 3. The Hall–Kier alpha value is -4.15. The van der Waals surface area contributed by atoms with Crippen LogP contribution in [0.2, 0.25) is 0 Å². The van der Waals surface area contributed by atoms with Gasteiger partial charge < -0.3 is 21.5 Å². The summed E-state index contributed by atoms with van der Waals surface area (Å²) in [4.78, 5) is 27.0. The van der Waals surface area contributed by atoms with Gasteiger partial charge in [-0.1, -0.05) is 12.1 Å². The lowest BCUT2D eigenvalue weighted by molar-refractivity contribution is -0.137. The normalized spacial score (nSPS) is 11.1. The topological polar surface area (TPSA) is 117 Å². The molecule has 0 aliphatic heterocycles. The highest BCUT2D eigenvalue weighted by molar-refractivity contribution is 6.00. The van der Waals surface area contributed by atoms with Gasteiger partial charge in [0.25, 0.3) is 0 Å². The van der Waals surface area contributed by atoms with E-state index in [2.05, 4.69) is 10.3 Å². The number of hydrogen-bond donors (Lipinski definition) is 4. The molecule has 2 amide bonds. The van der Waals surface area contributed by atoms with Gasteiger partial charge in [0.05, 0.1) is 16.8 Å². The van der Waals surface area contributed by atoms with Crippen LogP contribution < -0.4 is 16.4 Å². The van der Waals surface area contributed by atoms with Crippen LogP contribution in [0.15, 0.2) is 54.7 Å². The molecule has 1 aromatic heterocycles. The minimum atomic E-state index is -4.69. The number of amides is 2. The van der Waals surface area contributed by atoms with Crippen LogP contribution in [-0.2, 0) is 6.18 Å². The van der Waals surface area contributed by atoms with E-state index in [0.717, 1.165) is 6.20 Å². The Morgan fingerprint density at radius 1 is 1.00 bits per heavy atom. The number of carboxylic acids is 1. The lowest BCUT2D eigenvalue weighted by Crippen LogP contribution is -2.20. The number of alkyl halides is 3. The summed E-state index contributed by atoms with van der Waals surface area (Å²) in [5.41, 5.74) is 5.11. The van der Waals surface area contributed by atoms with E-state index in [9.17, 15) is 27.2 Å². The molecule has 0 aliphatic rings. The molecule has 7 nitrogen and oxygen atoms in total. The van der Waals surface area contributed by atoms with Crippen molar-refractivity contribution < 1.29 is 32.3 Å². The second kappa shape index (κ2) is 8.30. The molecule has 1 heterocycles. The largest absolute Gasteiger partial charge is 0.478 e. The van der Waals surface area contributed by atoms with Crippen molar-refractivity contribution in [2.75, 3.05) is 16.4 Å². The van der Waals surface area contributed by atoms with Crippen LogP contribution in [0.1, 0.15) is 15.9 Å². The number of aromatic nitrogens is 1. The Morgan fingerprint density at radius 3 is 2.29 bits per heavy atom. The number of carboxylic acid groups (broad SMARTS) is 1. The number of pyridine rings is 1. The monoisotopic (exact) mass is 434 g/mol. The van der Waals surface area contributed by atoms with Crippen LogP contribution in [0, 0.1) is 5.82 Å². The SMILES string of the molecule is Nc1ncc(C(=O)O)cc1-c1ccc(NC(=O)Nc2cc(C(F)(F)F)ccc2F)cc1. The minimum absolute atomic E-state index is 0.0612. The molecule has 3 rings (SSSR count). The fourth-order valence-corrected chi connectivity index (χ4v) is 2.64. The molecular weight excluding hydrogens is 420 g/mol. The zero-order valence-electron chi connectivity index (χ0n) is 15.5. The first kappa shape index (κ1) is 21.6. The molecular formula is C20H14F4N4O3. The summed E-state index contributed by atoms with van der Waals surface area (Å²) in [5.74, 6) is -2.10. The predicted octanol–water partition coefficient (Wildman–Crippen LogP) is 4.83. The lowest BCUT2D eigenvalue weighted by Gasteiger charge is -2.12. The summed E-state index contributed by atoms with van der Waals surface area (Å²) < 4.78 is 52.0. The number of aromatic carboxylic acids is 1. The van der Waals surface area contributed by atoms with E-state index in [1.807, 2.05) is 5.32 Å². The average molecular weight is 434 g/mol. The first-order valence-corrected chi connectivity index (χ1v) is 8.58. The van der Waals surface area contributed by atoms with Gasteiger partial charge in [-0.05, 0) is 42.0 Å². The van der Waals surface area contributed by atoms with Crippen molar-refractivity contribution in [1.29, 1.82) is 0 Å². The van der Waals surface area contributed by atoms with Crippen molar-refractivity contribution in [1.82, 2.24) is 4.98 Å². The maximum Gasteiger partial charge on any atom is 0.416 e. The standard InChI is InChI=1S/C20H14F4N4O3/c21-15-6-3-12(20(22,23)24)8-16(15)28-19(31)27-13-4-1-10(2-5-13)14-7-11(18(29)30)9-26-17(14)25/h1-9H,(H2,25,26)(H,29,30)(H2,27,28,31). The number of carbonyl (C=O) groups is 2. The van der Waals surface area contributed by atoms with E-state index in [-0.39, 0.29) is 17.1 Å². The van der Waals surface area contributed by atoms with Crippen LogP contribution in [0.4, 0.5) is 39.5 Å². The molecule has 3 aromatic rings. The molecule has 160 valence electrons. The molecule has 0 saturated carbocycles. The molecule has 31 heavy (non-hydrogen) atoms. The molecule has 5 N–H and O–H groups in total. The van der Waals surface area contributed by atoms with Gasteiger partial charge in [-0.25, -0.2) is 19.0 Å². The maximum absolute atomic E-state index is 13.8. The van der Waals surface area contributed by atoms with Crippen molar-refractivity contribution in [2.45, 2.75) is 6.18 Å². The number of benzene rings is 2. The number of carbonyl (C=O) groups excluding carboxylic acids is 1. The van der Waals surface area contributed by atoms with Crippen LogP contribution >= 0.6 is 0 Å². The number of nitrogens with two attached hydrogens (primary N) is 1. The van der Waals surface area contributed by atoms with E-state index in [1.54, 1.807) is 0 Å². The van der Waals surface area contributed by atoms with Crippen molar-refractivity contribution in [3.05, 3.63) is 71.7 Å². The molecule has 0 saturated heterocycles. The minimum Gasteiger partial charge on any atom is -0.478 e. The van der Waals surface area contributed by atoms with E-state index in [4.69, 9.17) is 10.8 Å². The lowest BCUT2D eigenvalue weighted by atomic mass is 10.0. The van der Waals surface area contributed by atoms with E-state index >= 15 is 0 Å². The van der Waals surface area contributed by atoms with Gasteiger partial charge in [-0.2, -0.15) is 13.2 Å². The Morgan fingerprint density at radius 2 is 1.68 bits per heavy atom. The predicted molar refractivity (Wildman–Crippen MR) is 105 cm³/mol. The van der Waals surface area contributed by atoms with Crippen LogP contribution in [0.5, 0.6) is 0 Å². The molecule has 0 spiro atoms. The molecule has 0 aliphatic carbocycles. The zero-order chi connectivity index (χ0) is 22.8. The number of urea groups is 1. The molecule has 0 unspecified atom stereocenters. The molecule has 11 heteroatoms. The molecule has 0 atom stereocenters. The smallest absolute Gasteiger partial charge is 0.416 e. The second-order valence-electron chi connectivity index (χ2n) is 6.31. The highest BCUT2D eigenvalue weighted by Crippen LogP contribution is 2.32. The van der Waals surface area contributed by atoms with Gasteiger partial charge in [-0.15, -0.1) is 0 Å². The third-order valence-corrected chi connectivity index (χ3v) is 4.16.